The van der Waals surface area contributed by atoms with Gasteiger partial charge in [-0.15, -0.1) is 0 Å². The molecular weight excluding hydrogens is 347 g/mol. The van der Waals surface area contributed by atoms with Crippen molar-refractivity contribution in [2.45, 2.75) is 18.9 Å². The first-order valence-electron chi connectivity index (χ1n) is 8.84. The number of methoxy groups -OCH3 is 2. The van der Waals surface area contributed by atoms with Crippen LogP contribution in [-0.4, -0.2) is 45.7 Å². The highest BCUT2D eigenvalue weighted by molar-refractivity contribution is 5.76. The van der Waals surface area contributed by atoms with E-state index in [0.29, 0.717) is 19.4 Å². The molecule has 0 aliphatic heterocycles. The summed E-state index contributed by atoms with van der Waals surface area (Å²) in [5, 5.41) is 2.94. The van der Waals surface area contributed by atoms with Crippen LogP contribution in [0.3, 0.4) is 0 Å². The van der Waals surface area contributed by atoms with Crippen molar-refractivity contribution in [1.82, 2.24) is 10.2 Å². The molecule has 1 N–H and O–H groups in total. The quantitative estimate of drug-likeness (QED) is 0.732. The molecule has 146 valence electrons. The van der Waals surface area contributed by atoms with Gasteiger partial charge < -0.3 is 19.7 Å². The van der Waals surface area contributed by atoms with Crippen LogP contribution in [0.25, 0.3) is 0 Å². The van der Waals surface area contributed by atoms with E-state index >= 15 is 0 Å². The summed E-state index contributed by atoms with van der Waals surface area (Å²) in [5.41, 5.74) is 1.75. The Bertz CT molecular complexity index is 765. The van der Waals surface area contributed by atoms with Crippen molar-refractivity contribution in [2.24, 2.45) is 0 Å². The second kappa shape index (κ2) is 9.92. The molecule has 1 amide bonds. The Balaban J connectivity index is 1.95. The van der Waals surface area contributed by atoms with Gasteiger partial charge in [-0.1, -0.05) is 12.1 Å². The third kappa shape index (κ3) is 5.96. The van der Waals surface area contributed by atoms with Crippen LogP contribution >= 0.6 is 0 Å². The lowest BCUT2D eigenvalue weighted by molar-refractivity contribution is -0.121. The molecular formula is C21H27FN2O3. The largest absolute Gasteiger partial charge is 0.497 e. The van der Waals surface area contributed by atoms with Gasteiger partial charge in [0.15, 0.2) is 0 Å². The normalized spacial score (nSPS) is 11.9. The number of amides is 1. The number of nitrogens with zero attached hydrogens (tertiary/aromatic N) is 1. The van der Waals surface area contributed by atoms with Crippen molar-refractivity contribution in [2.75, 3.05) is 34.9 Å². The van der Waals surface area contributed by atoms with E-state index in [-0.39, 0.29) is 17.8 Å². The van der Waals surface area contributed by atoms with Gasteiger partial charge in [0.05, 0.1) is 20.3 Å². The molecule has 0 aromatic heterocycles. The fourth-order valence-electron chi connectivity index (χ4n) is 2.94. The molecule has 0 radical (unpaired) electrons. The molecule has 2 aromatic carbocycles. The Morgan fingerprint density at radius 1 is 1.15 bits per heavy atom. The van der Waals surface area contributed by atoms with E-state index in [2.05, 4.69) is 5.32 Å². The van der Waals surface area contributed by atoms with Crippen LogP contribution in [0.15, 0.2) is 42.5 Å². The molecule has 0 aliphatic rings. The number of carbonyl (C=O) groups is 1. The monoisotopic (exact) mass is 374 g/mol. The van der Waals surface area contributed by atoms with Crippen molar-refractivity contribution in [3.63, 3.8) is 0 Å². The molecule has 0 heterocycles. The van der Waals surface area contributed by atoms with E-state index in [1.807, 2.05) is 43.3 Å². The highest BCUT2D eigenvalue weighted by Gasteiger charge is 2.16. The van der Waals surface area contributed by atoms with Crippen molar-refractivity contribution < 1.29 is 18.7 Å². The number of hydrogen-bond donors (Lipinski definition) is 1. The maximum atomic E-state index is 13.5. The summed E-state index contributed by atoms with van der Waals surface area (Å²) >= 11 is 0. The number of benzene rings is 2. The number of rotatable bonds is 9. The van der Waals surface area contributed by atoms with Gasteiger partial charge in [0, 0.05) is 13.0 Å². The van der Waals surface area contributed by atoms with E-state index in [1.54, 1.807) is 20.3 Å². The SMILES string of the molecule is COc1ccc(OC)c(CCC(=O)NC[C@H](c2cccc(F)c2)N(C)C)c1. The Kier molecular flexibility index (Phi) is 7.61. The maximum absolute atomic E-state index is 13.5. The summed E-state index contributed by atoms with van der Waals surface area (Å²) < 4.78 is 24.1. The fraction of sp³-hybridized carbons (Fsp3) is 0.381. The number of carbonyl (C=O) groups excluding carboxylic acids is 1. The van der Waals surface area contributed by atoms with Crippen LogP contribution in [0.2, 0.25) is 0 Å². The van der Waals surface area contributed by atoms with Crippen molar-refractivity contribution in [3.05, 3.63) is 59.4 Å². The average Bonchev–Trinajstić information content (AvgIpc) is 2.66. The zero-order valence-corrected chi connectivity index (χ0v) is 16.3. The van der Waals surface area contributed by atoms with Gasteiger partial charge in [0.1, 0.15) is 17.3 Å². The lowest BCUT2D eigenvalue weighted by atomic mass is 10.1. The average molecular weight is 374 g/mol. The molecule has 2 aromatic rings. The van der Waals surface area contributed by atoms with Crippen molar-refractivity contribution >= 4 is 5.91 Å². The Labute approximate surface area is 160 Å². The van der Waals surface area contributed by atoms with E-state index < -0.39 is 0 Å². The van der Waals surface area contributed by atoms with Crippen LogP contribution in [0, 0.1) is 5.82 Å². The molecule has 6 heteroatoms. The van der Waals surface area contributed by atoms with Gasteiger partial charge in [0.25, 0.3) is 0 Å². The highest BCUT2D eigenvalue weighted by Crippen LogP contribution is 2.25. The summed E-state index contributed by atoms with van der Waals surface area (Å²) in [4.78, 5) is 14.3. The molecule has 0 unspecified atom stereocenters. The van der Waals surface area contributed by atoms with Crippen LogP contribution in [0.5, 0.6) is 11.5 Å². The van der Waals surface area contributed by atoms with Crippen LogP contribution in [0.1, 0.15) is 23.6 Å². The van der Waals surface area contributed by atoms with E-state index in [9.17, 15) is 9.18 Å². The van der Waals surface area contributed by atoms with Crippen LogP contribution < -0.4 is 14.8 Å². The summed E-state index contributed by atoms with van der Waals surface area (Å²) in [5.74, 6) is 1.11. The van der Waals surface area contributed by atoms with Gasteiger partial charge in [0.2, 0.25) is 5.91 Å². The Morgan fingerprint density at radius 3 is 2.56 bits per heavy atom. The lowest BCUT2D eigenvalue weighted by Gasteiger charge is -2.25. The molecule has 0 fully saturated rings. The molecule has 1 atom stereocenters. The number of nitrogens with one attached hydrogen (secondary N) is 1. The molecule has 27 heavy (non-hydrogen) atoms. The summed E-state index contributed by atoms with van der Waals surface area (Å²) in [7, 11) is 7.02. The number of ether oxygens (including phenoxy) is 2. The van der Waals surface area contributed by atoms with Crippen molar-refractivity contribution in [1.29, 1.82) is 0 Å². The number of likely N-dealkylation sites (N-methyl/N-ethyl adjacent to an activating group) is 1. The second-order valence-electron chi connectivity index (χ2n) is 6.52. The maximum Gasteiger partial charge on any atom is 0.220 e. The molecule has 0 saturated heterocycles. The molecule has 0 bridgehead atoms. The number of hydrogen-bond acceptors (Lipinski definition) is 4. The van der Waals surface area contributed by atoms with Crippen LogP contribution in [0.4, 0.5) is 4.39 Å². The van der Waals surface area contributed by atoms with Gasteiger partial charge >= 0.3 is 0 Å². The first-order valence-corrected chi connectivity index (χ1v) is 8.84. The van der Waals surface area contributed by atoms with Crippen LogP contribution in [-0.2, 0) is 11.2 Å². The zero-order valence-electron chi connectivity index (χ0n) is 16.3. The zero-order chi connectivity index (χ0) is 19.8. The third-order valence-corrected chi connectivity index (χ3v) is 4.46. The smallest absolute Gasteiger partial charge is 0.220 e. The highest BCUT2D eigenvalue weighted by atomic mass is 19.1. The molecule has 0 spiro atoms. The Hall–Kier alpha value is -2.60. The topological polar surface area (TPSA) is 50.8 Å². The fourth-order valence-corrected chi connectivity index (χ4v) is 2.94. The summed E-state index contributed by atoms with van der Waals surface area (Å²) in [6.07, 6.45) is 0.867. The van der Waals surface area contributed by atoms with E-state index in [0.717, 1.165) is 22.6 Å². The molecule has 2 rings (SSSR count). The van der Waals surface area contributed by atoms with Gasteiger partial charge in [-0.25, -0.2) is 4.39 Å². The molecule has 0 aliphatic carbocycles. The molecule has 5 nitrogen and oxygen atoms in total. The summed E-state index contributed by atoms with van der Waals surface area (Å²) in [6.45, 7) is 0.407. The predicted molar refractivity (Wildman–Crippen MR) is 104 cm³/mol. The first-order chi connectivity index (χ1) is 12.9. The minimum atomic E-state index is -0.282. The lowest BCUT2D eigenvalue weighted by Crippen LogP contribution is -2.34. The third-order valence-electron chi connectivity index (χ3n) is 4.46. The van der Waals surface area contributed by atoms with Gasteiger partial charge in [-0.2, -0.15) is 0 Å². The van der Waals surface area contributed by atoms with Gasteiger partial charge in [-0.3, -0.25) is 4.79 Å². The van der Waals surface area contributed by atoms with E-state index in [4.69, 9.17) is 9.47 Å². The Morgan fingerprint density at radius 2 is 1.93 bits per heavy atom. The minimum Gasteiger partial charge on any atom is -0.497 e. The summed E-state index contributed by atoms with van der Waals surface area (Å²) in [6, 6.07) is 11.9. The predicted octanol–water partition coefficient (Wildman–Crippen LogP) is 3.19. The molecule has 0 saturated carbocycles. The second-order valence-corrected chi connectivity index (χ2v) is 6.52. The van der Waals surface area contributed by atoms with Crippen molar-refractivity contribution in [3.8, 4) is 11.5 Å². The first kappa shape index (κ1) is 20.7. The van der Waals surface area contributed by atoms with Gasteiger partial charge in [-0.05, 0) is 62.0 Å². The minimum absolute atomic E-state index is 0.0665. The number of halogens is 1. The standard InChI is InChI=1S/C21H27FN2O3/c1-24(2)19(15-6-5-7-17(22)12-15)14-23-21(25)11-8-16-13-18(26-3)9-10-20(16)27-4/h5-7,9-10,12-13,19H,8,11,14H2,1-4H3,(H,23,25)/t19-/m1/s1. The number of aryl methyl sites for hydroxylation is 1. The van der Waals surface area contributed by atoms with E-state index in [1.165, 1.54) is 12.1 Å².